The summed E-state index contributed by atoms with van der Waals surface area (Å²) >= 11 is 5.76. The normalized spacial score (nSPS) is 12.8. The second-order valence-electron chi connectivity index (χ2n) is 5.91. The SMILES string of the molecule is CC(C)C(NC(=O)CS(=O)(=O)c1ccc(Cl)cc1)c1ccccc1. The van der Waals surface area contributed by atoms with Crippen LogP contribution in [-0.2, 0) is 14.6 Å². The van der Waals surface area contributed by atoms with E-state index in [2.05, 4.69) is 5.32 Å². The predicted octanol–water partition coefficient (Wildman–Crippen LogP) is 3.63. The van der Waals surface area contributed by atoms with Crippen molar-refractivity contribution in [2.24, 2.45) is 5.92 Å². The van der Waals surface area contributed by atoms with Crippen molar-refractivity contribution in [1.29, 1.82) is 0 Å². The van der Waals surface area contributed by atoms with Crippen LogP contribution >= 0.6 is 11.6 Å². The van der Waals surface area contributed by atoms with Gasteiger partial charge in [0.1, 0.15) is 5.75 Å². The van der Waals surface area contributed by atoms with Crippen LogP contribution in [0.15, 0.2) is 59.5 Å². The molecule has 24 heavy (non-hydrogen) atoms. The second-order valence-corrected chi connectivity index (χ2v) is 8.34. The minimum absolute atomic E-state index is 0.0860. The minimum atomic E-state index is -3.70. The summed E-state index contributed by atoms with van der Waals surface area (Å²) in [5.41, 5.74) is 0.949. The van der Waals surface area contributed by atoms with Crippen LogP contribution in [0.2, 0.25) is 5.02 Å². The van der Waals surface area contributed by atoms with Gasteiger partial charge in [-0.25, -0.2) is 8.42 Å². The number of carbonyl (C=O) groups excluding carboxylic acids is 1. The fourth-order valence-electron chi connectivity index (χ4n) is 2.41. The molecule has 1 N–H and O–H groups in total. The van der Waals surface area contributed by atoms with Crippen LogP contribution in [0.1, 0.15) is 25.5 Å². The number of rotatable bonds is 6. The molecule has 1 amide bonds. The Morgan fingerprint density at radius 1 is 1.04 bits per heavy atom. The topological polar surface area (TPSA) is 63.2 Å². The van der Waals surface area contributed by atoms with E-state index in [1.54, 1.807) is 0 Å². The smallest absolute Gasteiger partial charge is 0.236 e. The molecule has 0 fully saturated rings. The molecular weight excluding hydrogens is 346 g/mol. The number of sulfone groups is 1. The highest BCUT2D eigenvalue weighted by molar-refractivity contribution is 7.92. The third kappa shape index (κ3) is 4.82. The van der Waals surface area contributed by atoms with Crippen LogP contribution in [0.25, 0.3) is 0 Å². The molecule has 2 rings (SSSR count). The summed E-state index contributed by atoms with van der Waals surface area (Å²) in [7, 11) is -3.70. The van der Waals surface area contributed by atoms with Crippen LogP contribution in [0.5, 0.6) is 0 Å². The molecule has 0 spiro atoms. The Hall–Kier alpha value is -1.85. The van der Waals surface area contributed by atoms with Gasteiger partial charge >= 0.3 is 0 Å². The predicted molar refractivity (Wildman–Crippen MR) is 95.7 cm³/mol. The number of benzene rings is 2. The Morgan fingerprint density at radius 3 is 2.17 bits per heavy atom. The summed E-state index contributed by atoms with van der Waals surface area (Å²) in [6.07, 6.45) is 0. The maximum absolute atomic E-state index is 12.3. The summed E-state index contributed by atoms with van der Waals surface area (Å²) in [5.74, 6) is -0.980. The number of hydrogen-bond acceptors (Lipinski definition) is 3. The maximum Gasteiger partial charge on any atom is 0.236 e. The lowest BCUT2D eigenvalue weighted by molar-refractivity contribution is -0.119. The quantitative estimate of drug-likeness (QED) is 0.850. The van der Waals surface area contributed by atoms with Crippen molar-refractivity contribution in [3.63, 3.8) is 0 Å². The molecule has 0 heterocycles. The van der Waals surface area contributed by atoms with Gasteiger partial charge in [-0.2, -0.15) is 0 Å². The molecule has 0 radical (unpaired) electrons. The van der Waals surface area contributed by atoms with E-state index in [1.165, 1.54) is 24.3 Å². The Morgan fingerprint density at radius 2 is 1.62 bits per heavy atom. The number of amides is 1. The van der Waals surface area contributed by atoms with Gasteiger partial charge in [0.05, 0.1) is 10.9 Å². The van der Waals surface area contributed by atoms with Crippen LogP contribution in [0.4, 0.5) is 0 Å². The largest absolute Gasteiger partial charge is 0.348 e. The van der Waals surface area contributed by atoms with E-state index < -0.39 is 21.5 Å². The molecule has 1 unspecified atom stereocenters. The zero-order valence-corrected chi connectivity index (χ0v) is 15.1. The van der Waals surface area contributed by atoms with Gasteiger partial charge in [-0.3, -0.25) is 4.79 Å². The van der Waals surface area contributed by atoms with Crippen LogP contribution < -0.4 is 5.32 Å². The van der Waals surface area contributed by atoms with Crippen LogP contribution in [0.3, 0.4) is 0 Å². The Kier molecular flexibility index (Phi) is 6.02. The molecule has 0 saturated carbocycles. The van der Waals surface area contributed by atoms with E-state index in [1.807, 2.05) is 44.2 Å². The van der Waals surface area contributed by atoms with E-state index in [0.717, 1.165) is 5.56 Å². The lowest BCUT2D eigenvalue weighted by Crippen LogP contribution is -2.35. The van der Waals surface area contributed by atoms with Gasteiger partial charge in [-0.15, -0.1) is 0 Å². The van der Waals surface area contributed by atoms with Crippen LogP contribution in [-0.4, -0.2) is 20.1 Å². The molecule has 0 aliphatic heterocycles. The maximum atomic E-state index is 12.3. The molecule has 0 aromatic heterocycles. The molecular formula is C18H20ClNO3S. The minimum Gasteiger partial charge on any atom is -0.348 e. The second kappa shape index (κ2) is 7.81. The van der Waals surface area contributed by atoms with Crippen molar-refractivity contribution in [2.75, 3.05) is 5.75 Å². The average molecular weight is 366 g/mol. The van der Waals surface area contributed by atoms with E-state index in [4.69, 9.17) is 11.6 Å². The highest BCUT2D eigenvalue weighted by atomic mass is 35.5. The van der Waals surface area contributed by atoms with Crippen molar-refractivity contribution in [2.45, 2.75) is 24.8 Å². The average Bonchev–Trinajstić information content (AvgIpc) is 2.53. The molecule has 2 aromatic rings. The third-order valence-corrected chi connectivity index (χ3v) is 5.52. The molecule has 1 atom stereocenters. The Bertz CT molecular complexity index is 787. The number of carbonyl (C=O) groups is 1. The van der Waals surface area contributed by atoms with Crippen molar-refractivity contribution in [3.8, 4) is 0 Å². The zero-order valence-electron chi connectivity index (χ0n) is 13.6. The van der Waals surface area contributed by atoms with Crippen molar-refractivity contribution < 1.29 is 13.2 Å². The lowest BCUT2D eigenvalue weighted by Gasteiger charge is -2.23. The first-order valence-corrected chi connectivity index (χ1v) is 9.65. The van der Waals surface area contributed by atoms with Gasteiger partial charge in [0.2, 0.25) is 5.91 Å². The molecule has 4 nitrogen and oxygen atoms in total. The first kappa shape index (κ1) is 18.5. The van der Waals surface area contributed by atoms with Gasteiger partial charge < -0.3 is 5.32 Å². The van der Waals surface area contributed by atoms with Gasteiger partial charge in [-0.05, 0) is 35.7 Å². The van der Waals surface area contributed by atoms with E-state index in [9.17, 15) is 13.2 Å². The summed E-state index contributed by atoms with van der Waals surface area (Å²) in [6, 6.07) is 15.1. The van der Waals surface area contributed by atoms with E-state index in [0.29, 0.717) is 5.02 Å². The zero-order chi connectivity index (χ0) is 17.7. The molecule has 0 aliphatic rings. The first-order valence-electron chi connectivity index (χ1n) is 7.62. The number of nitrogens with one attached hydrogen (secondary N) is 1. The Labute approximate surface area is 147 Å². The fraction of sp³-hybridized carbons (Fsp3) is 0.278. The summed E-state index contributed by atoms with van der Waals surface area (Å²) < 4.78 is 24.7. The van der Waals surface area contributed by atoms with Gasteiger partial charge in [0.25, 0.3) is 0 Å². The monoisotopic (exact) mass is 365 g/mol. The molecule has 2 aromatic carbocycles. The first-order chi connectivity index (χ1) is 11.3. The van der Waals surface area contributed by atoms with Crippen molar-refractivity contribution >= 4 is 27.3 Å². The fourth-order valence-corrected chi connectivity index (χ4v) is 3.68. The summed E-state index contributed by atoms with van der Waals surface area (Å²) in [5, 5.41) is 3.27. The Balaban J connectivity index is 2.12. The highest BCUT2D eigenvalue weighted by Gasteiger charge is 2.23. The molecule has 0 aliphatic carbocycles. The third-order valence-electron chi connectivity index (χ3n) is 3.64. The summed E-state index contributed by atoms with van der Waals surface area (Å²) in [4.78, 5) is 12.4. The van der Waals surface area contributed by atoms with Crippen molar-refractivity contribution in [3.05, 3.63) is 65.2 Å². The molecule has 6 heteroatoms. The number of halogens is 1. The molecule has 128 valence electrons. The standard InChI is InChI=1S/C18H20ClNO3S/c1-13(2)18(14-6-4-3-5-7-14)20-17(21)12-24(22,23)16-10-8-15(19)9-11-16/h3-11,13,18H,12H2,1-2H3,(H,20,21). The van der Waals surface area contributed by atoms with Gasteiger partial charge in [-0.1, -0.05) is 55.8 Å². The van der Waals surface area contributed by atoms with Crippen LogP contribution in [0, 0.1) is 5.92 Å². The molecule has 0 bridgehead atoms. The molecule has 0 saturated heterocycles. The summed E-state index contributed by atoms with van der Waals surface area (Å²) in [6.45, 7) is 3.96. The van der Waals surface area contributed by atoms with E-state index >= 15 is 0 Å². The van der Waals surface area contributed by atoms with Crippen molar-refractivity contribution in [1.82, 2.24) is 5.32 Å². The lowest BCUT2D eigenvalue weighted by atomic mass is 9.96. The van der Waals surface area contributed by atoms with Gasteiger partial charge in [0, 0.05) is 5.02 Å². The highest BCUT2D eigenvalue weighted by Crippen LogP contribution is 2.22. The van der Waals surface area contributed by atoms with E-state index in [-0.39, 0.29) is 16.9 Å². The number of hydrogen-bond donors (Lipinski definition) is 1. The van der Waals surface area contributed by atoms with Gasteiger partial charge in [0.15, 0.2) is 9.84 Å².